The second kappa shape index (κ2) is 5.51. The average Bonchev–Trinajstić information content (AvgIpc) is 2.18. The number of hydrogen-bond acceptors (Lipinski definition) is 3. The van der Waals surface area contributed by atoms with E-state index in [0.29, 0.717) is 24.1 Å². The van der Waals surface area contributed by atoms with E-state index in [1.54, 1.807) is 6.07 Å². The summed E-state index contributed by atoms with van der Waals surface area (Å²) in [5.41, 5.74) is 0.870. The minimum atomic E-state index is 0.0482. The lowest BCUT2D eigenvalue weighted by Gasteiger charge is -2.20. The van der Waals surface area contributed by atoms with E-state index in [-0.39, 0.29) is 5.54 Å². The Kier molecular flexibility index (Phi) is 4.56. The smallest absolute Gasteiger partial charge is 0.213 e. The van der Waals surface area contributed by atoms with Crippen molar-refractivity contribution in [2.45, 2.75) is 39.8 Å². The third-order valence-corrected chi connectivity index (χ3v) is 2.32. The molecule has 3 nitrogen and oxygen atoms in total. The summed E-state index contributed by atoms with van der Waals surface area (Å²) >= 11 is 6.07. The molecule has 0 saturated heterocycles. The molecule has 1 N–H and O–H groups in total. The van der Waals surface area contributed by atoms with Gasteiger partial charge in [0.05, 0.1) is 17.3 Å². The number of ether oxygens (including phenoxy) is 1. The number of halogens is 1. The molecule has 0 radical (unpaired) electrons. The number of hydrogen-bond donors (Lipinski definition) is 1. The molecule has 4 heteroatoms. The minimum absolute atomic E-state index is 0.0482. The number of pyridine rings is 1. The Morgan fingerprint density at radius 2 is 2.06 bits per heavy atom. The summed E-state index contributed by atoms with van der Waals surface area (Å²) in [5.74, 6) is 0.623. The quantitative estimate of drug-likeness (QED) is 0.881. The predicted molar refractivity (Wildman–Crippen MR) is 67.0 cm³/mol. The Morgan fingerprint density at radius 3 is 2.62 bits per heavy atom. The van der Waals surface area contributed by atoms with E-state index in [4.69, 9.17) is 16.3 Å². The van der Waals surface area contributed by atoms with Crippen LogP contribution in [0.4, 0.5) is 0 Å². The molecule has 0 amide bonds. The summed E-state index contributed by atoms with van der Waals surface area (Å²) in [4.78, 5) is 4.35. The number of nitrogens with one attached hydrogen (secondary N) is 1. The van der Waals surface area contributed by atoms with Crippen LogP contribution < -0.4 is 10.1 Å². The molecule has 0 fully saturated rings. The van der Waals surface area contributed by atoms with Crippen LogP contribution in [0.1, 0.15) is 33.4 Å². The molecule has 0 aromatic carbocycles. The first kappa shape index (κ1) is 13.3. The summed E-state index contributed by atoms with van der Waals surface area (Å²) in [6, 6.07) is 3.60. The Labute approximate surface area is 102 Å². The maximum Gasteiger partial charge on any atom is 0.213 e. The highest BCUT2D eigenvalue weighted by molar-refractivity contribution is 6.31. The van der Waals surface area contributed by atoms with E-state index >= 15 is 0 Å². The first-order chi connectivity index (χ1) is 7.42. The molecule has 16 heavy (non-hydrogen) atoms. The van der Waals surface area contributed by atoms with E-state index in [0.717, 1.165) is 5.69 Å². The highest BCUT2D eigenvalue weighted by atomic mass is 35.5. The first-order valence-corrected chi connectivity index (χ1v) is 5.83. The van der Waals surface area contributed by atoms with Crippen LogP contribution in [0.15, 0.2) is 12.1 Å². The van der Waals surface area contributed by atoms with Gasteiger partial charge in [0.15, 0.2) is 0 Å². The van der Waals surface area contributed by atoms with Crippen LogP contribution in [0.5, 0.6) is 5.88 Å². The van der Waals surface area contributed by atoms with Crippen LogP contribution in [0.2, 0.25) is 5.02 Å². The molecule has 1 heterocycles. The molecular formula is C12H19ClN2O. The van der Waals surface area contributed by atoms with Crippen molar-refractivity contribution >= 4 is 11.6 Å². The van der Waals surface area contributed by atoms with Gasteiger partial charge in [0.2, 0.25) is 5.88 Å². The molecule has 0 spiro atoms. The van der Waals surface area contributed by atoms with Crippen LogP contribution >= 0.6 is 11.6 Å². The molecular weight excluding hydrogens is 224 g/mol. The molecule has 0 atom stereocenters. The van der Waals surface area contributed by atoms with Crippen molar-refractivity contribution in [2.75, 3.05) is 6.61 Å². The normalized spacial score (nSPS) is 11.6. The summed E-state index contributed by atoms with van der Waals surface area (Å²) in [5, 5.41) is 4.01. The highest BCUT2D eigenvalue weighted by Gasteiger charge is 2.11. The van der Waals surface area contributed by atoms with Gasteiger partial charge in [-0.25, -0.2) is 4.98 Å². The topological polar surface area (TPSA) is 34.1 Å². The fraction of sp³-hybridized carbons (Fsp3) is 0.583. The van der Waals surface area contributed by atoms with Gasteiger partial charge >= 0.3 is 0 Å². The summed E-state index contributed by atoms with van der Waals surface area (Å²) in [6.07, 6.45) is 0. The lowest BCUT2D eigenvalue weighted by molar-refractivity contribution is 0.324. The first-order valence-electron chi connectivity index (χ1n) is 5.45. The molecule has 1 rings (SSSR count). The molecule has 0 bridgehead atoms. The standard InChI is InChI=1S/C12H19ClN2O/c1-5-16-11-7-6-9(13)10(15-11)8-14-12(2,3)4/h6-7,14H,5,8H2,1-4H3. The molecule has 1 aromatic heterocycles. The van der Waals surface area contributed by atoms with Gasteiger partial charge in [0.1, 0.15) is 0 Å². The van der Waals surface area contributed by atoms with Crippen LogP contribution in [-0.2, 0) is 6.54 Å². The van der Waals surface area contributed by atoms with Gasteiger partial charge in [0.25, 0.3) is 0 Å². The summed E-state index contributed by atoms with van der Waals surface area (Å²) in [7, 11) is 0. The number of aromatic nitrogens is 1. The fourth-order valence-electron chi connectivity index (χ4n) is 1.17. The van der Waals surface area contributed by atoms with E-state index in [1.807, 2.05) is 13.0 Å². The zero-order chi connectivity index (χ0) is 12.2. The second-order valence-corrected chi connectivity index (χ2v) is 5.02. The molecule has 1 aromatic rings. The zero-order valence-electron chi connectivity index (χ0n) is 10.3. The Morgan fingerprint density at radius 1 is 1.38 bits per heavy atom. The van der Waals surface area contributed by atoms with Crippen molar-refractivity contribution in [2.24, 2.45) is 0 Å². The van der Waals surface area contributed by atoms with Gasteiger partial charge in [-0.3, -0.25) is 0 Å². The average molecular weight is 243 g/mol. The van der Waals surface area contributed by atoms with Gasteiger partial charge in [-0.1, -0.05) is 11.6 Å². The van der Waals surface area contributed by atoms with Crippen molar-refractivity contribution in [3.8, 4) is 5.88 Å². The van der Waals surface area contributed by atoms with Crippen LogP contribution in [0.25, 0.3) is 0 Å². The Balaban J connectivity index is 2.74. The van der Waals surface area contributed by atoms with Crippen molar-refractivity contribution in [3.63, 3.8) is 0 Å². The molecule has 90 valence electrons. The monoisotopic (exact) mass is 242 g/mol. The lowest BCUT2D eigenvalue weighted by Crippen LogP contribution is -2.35. The summed E-state index contributed by atoms with van der Waals surface area (Å²) in [6.45, 7) is 9.50. The van der Waals surface area contributed by atoms with Crippen LogP contribution in [0, 0.1) is 0 Å². The predicted octanol–water partition coefficient (Wildman–Crippen LogP) is 3.02. The highest BCUT2D eigenvalue weighted by Crippen LogP contribution is 2.18. The zero-order valence-corrected chi connectivity index (χ0v) is 11.1. The second-order valence-electron chi connectivity index (χ2n) is 4.61. The van der Waals surface area contributed by atoms with Crippen LogP contribution in [-0.4, -0.2) is 17.1 Å². The number of rotatable bonds is 4. The van der Waals surface area contributed by atoms with Crippen molar-refractivity contribution in [1.82, 2.24) is 10.3 Å². The van der Waals surface area contributed by atoms with E-state index in [2.05, 4.69) is 31.1 Å². The fourth-order valence-corrected chi connectivity index (χ4v) is 1.34. The maximum absolute atomic E-state index is 6.07. The third-order valence-electron chi connectivity index (χ3n) is 1.97. The van der Waals surface area contributed by atoms with Gasteiger partial charge in [-0.05, 0) is 33.8 Å². The van der Waals surface area contributed by atoms with E-state index in [1.165, 1.54) is 0 Å². The molecule has 0 saturated carbocycles. The SMILES string of the molecule is CCOc1ccc(Cl)c(CNC(C)(C)C)n1. The Bertz CT molecular complexity index is 347. The van der Waals surface area contributed by atoms with Crippen molar-refractivity contribution < 1.29 is 4.74 Å². The molecule has 0 aliphatic heterocycles. The van der Waals surface area contributed by atoms with Crippen LogP contribution in [0.3, 0.4) is 0 Å². The lowest BCUT2D eigenvalue weighted by atomic mass is 10.1. The molecule has 0 aliphatic carbocycles. The molecule has 0 unspecified atom stereocenters. The minimum Gasteiger partial charge on any atom is -0.478 e. The van der Waals surface area contributed by atoms with Gasteiger partial charge < -0.3 is 10.1 Å². The maximum atomic E-state index is 6.07. The third kappa shape index (κ3) is 4.37. The van der Waals surface area contributed by atoms with Gasteiger partial charge in [0, 0.05) is 18.2 Å². The van der Waals surface area contributed by atoms with E-state index in [9.17, 15) is 0 Å². The van der Waals surface area contributed by atoms with Crippen molar-refractivity contribution in [3.05, 3.63) is 22.8 Å². The summed E-state index contributed by atoms with van der Waals surface area (Å²) < 4.78 is 5.34. The van der Waals surface area contributed by atoms with Crippen molar-refractivity contribution in [1.29, 1.82) is 0 Å². The van der Waals surface area contributed by atoms with E-state index < -0.39 is 0 Å². The largest absolute Gasteiger partial charge is 0.478 e. The number of nitrogens with zero attached hydrogens (tertiary/aromatic N) is 1. The van der Waals surface area contributed by atoms with Gasteiger partial charge in [-0.15, -0.1) is 0 Å². The van der Waals surface area contributed by atoms with Gasteiger partial charge in [-0.2, -0.15) is 0 Å². The molecule has 0 aliphatic rings. The Hall–Kier alpha value is -0.800.